The molecular formula is C11H11ClFN3O2. The third kappa shape index (κ3) is 2.66. The standard InChI is InChI=1S/C11H11ClFN3O2/c12-8-5-6(13)1-2-7(8)10-15-11(18-16-10)9(14)3-4-17/h1-2,5,9,17H,3-4,14H2. The summed E-state index contributed by atoms with van der Waals surface area (Å²) in [5.74, 6) is 0.00674. The Morgan fingerprint density at radius 3 is 2.94 bits per heavy atom. The molecular weight excluding hydrogens is 261 g/mol. The zero-order valence-electron chi connectivity index (χ0n) is 9.31. The summed E-state index contributed by atoms with van der Waals surface area (Å²) in [6.07, 6.45) is 0.318. The van der Waals surface area contributed by atoms with E-state index in [2.05, 4.69) is 10.1 Å². The summed E-state index contributed by atoms with van der Waals surface area (Å²) in [4.78, 5) is 4.07. The Labute approximate surface area is 107 Å². The van der Waals surface area contributed by atoms with Gasteiger partial charge in [0.1, 0.15) is 5.82 Å². The molecule has 0 saturated carbocycles. The molecule has 0 aliphatic rings. The number of nitrogens with two attached hydrogens (primary N) is 1. The van der Waals surface area contributed by atoms with Crippen LogP contribution < -0.4 is 5.73 Å². The Bertz CT molecular complexity index is 547. The summed E-state index contributed by atoms with van der Waals surface area (Å²) in [6.45, 7) is -0.0732. The zero-order valence-corrected chi connectivity index (χ0v) is 10.1. The number of nitrogens with zero attached hydrogens (tertiary/aromatic N) is 2. The van der Waals surface area contributed by atoms with E-state index in [0.717, 1.165) is 0 Å². The van der Waals surface area contributed by atoms with Crippen molar-refractivity contribution in [1.82, 2.24) is 10.1 Å². The van der Waals surface area contributed by atoms with Crippen molar-refractivity contribution in [3.05, 3.63) is 34.9 Å². The SMILES string of the molecule is NC(CCO)c1nc(-c2ccc(F)cc2Cl)no1. The highest BCUT2D eigenvalue weighted by Gasteiger charge is 2.16. The van der Waals surface area contributed by atoms with Crippen LogP contribution in [0.3, 0.4) is 0 Å². The molecule has 2 rings (SSSR count). The molecule has 18 heavy (non-hydrogen) atoms. The fourth-order valence-corrected chi connectivity index (χ4v) is 1.68. The van der Waals surface area contributed by atoms with Gasteiger partial charge in [0.25, 0.3) is 0 Å². The van der Waals surface area contributed by atoms with Crippen molar-refractivity contribution in [3.63, 3.8) is 0 Å². The van der Waals surface area contributed by atoms with Crippen LogP contribution in [-0.2, 0) is 0 Å². The molecule has 1 aromatic carbocycles. The Kier molecular flexibility index (Phi) is 3.90. The van der Waals surface area contributed by atoms with Crippen molar-refractivity contribution in [2.75, 3.05) is 6.61 Å². The van der Waals surface area contributed by atoms with E-state index < -0.39 is 11.9 Å². The van der Waals surface area contributed by atoms with Gasteiger partial charge < -0.3 is 15.4 Å². The Balaban J connectivity index is 2.29. The van der Waals surface area contributed by atoms with Gasteiger partial charge in [0.2, 0.25) is 11.7 Å². The number of rotatable bonds is 4. The molecule has 1 aromatic heterocycles. The quantitative estimate of drug-likeness (QED) is 0.887. The Hall–Kier alpha value is -1.50. The van der Waals surface area contributed by atoms with E-state index in [4.69, 9.17) is 27.0 Å². The van der Waals surface area contributed by atoms with Crippen LogP contribution in [-0.4, -0.2) is 21.9 Å². The van der Waals surface area contributed by atoms with Gasteiger partial charge >= 0.3 is 0 Å². The highest BCUT2D eigenvalue weighted by atomic mass is 35.5. The molecule has 7 heteroatoms. The topological polar surface area (TPSA) is 85.2 Å². The summed E-state index contributed by atoms with van der Waals surface area (Å²) in [6, 6.07) is 3.35. The van der Waals surface area contributed by atoms with E-state index in [1.54, 1.807) is 0 Å². The van der Waals surface area contributed by atoms with E-state index in [9.17, 15) is 4.39 Å². The molecule has 0 fully saturated rings. The van der Waals surface area contributed by atoms with Gasteiger partial charge in [-0.2, -0.15) is 4.98 Å². The molecule has 2 aromatic rings. The molecule has 0 aliphatic heterocycles. The average Bonchev–Trinajstić information content (AvgIpc) is 2.78. The van der Waals surface area contributed by atoms with Gasteiger partial charge in [-0.05, 0) is 24.6 Å². The van der Waals surface area contributed by atoms with Crippen LogP contribution in [0.15, 0.2) is 22.7 Å². The number of aromatic nitrogens is 2. The lowest BCUT2D eigenvalue weighted by Gasteiger charge is -2.02. The van der Waals surface area contributed by atoms with E-state index in [-0.39, 0.29) is 23.3 Å². The lowest BCUT2D eigenvalue weighted by Crippen LogP contribution is -2.12. The molecule has 3 N–H and O–H groups in total. The van der Waals surface area contributed by atoms with E-state index in [1.165, 1.54) is 18.2 Å². The zero-order chi connectivity index (χ0) is 13.1. The molecule has 1 atom stereocenters. The maximum Gasteiger partial charge on any atom is 0.243 e. The van der Waals surface area contributed by atoms with Gasteiger partial charge in [-0.15, -0.1) is 0 Å². The second-order valence-electron chi connectivity index (χ2n) is 3.70. The fourth-order valence-electron chi connectivity index (χ4n) is 1.43. The molecule has 5 nitrogen and oxygen atoms in total. The lowest BCUT2D eigenvalue weighted by atomic mass is 10.2. The number of benzene rings is 1. The number of halogens is 2. The van der Waals surface area contributed by atoms with Gasteiger partial charge in [0.05, 0.1) is 11.1 Å². The van der Waals surface area contributed by atoms with Gasteiger partial charge in [-0.1, -0.05) is 16.8 Å². The molecule has 0 radical (unpaired) electrons. The summed E-state index contributed by atoms with van der Waals surface area (Å²) < 4.78 is 17.9. The number of hydrogen-bond donors (Lipinski definition) is 2. The number of aliphatic hydroxyl groups excluding tert-OH is 1. The van der Waals surface area contributed by atoms with Crippen LogP contribution in [0.5, 0.6) is 0 Å². The summed E-state index contributed by atoms with van der Waals surface area (Å²) in [7, 11) is 0. The predicted octanol–water partition coefficient (Wildman–Crippen LogP) is 1.91. The lowest BCUT2D eigenvalue weighted by molar-refractivity contribution is 0.259. The Morgan fingerprint density at radius 1 is 1.50 bits per heavy atom. The van der Waals surface area contributed by atoms with Crippen LogP contribution in [0.25, 0.3) is 11.4 Å². The molecule has 96 valence electrons. The van der Waals surface area contributed by atoms with Crippen LogP contribution in [0.2, 0.25) is 5.02 Å². The first-order chi connectivity index (χ1) is 8.61. The molecule has 1 heterocycles. The molecule has 0 spiro atoms. The minimum Gasteiger partial charge on any atom is -0.396 e. The van der Waals surface area contributed by atoms with E-state index in [1.807, 2.05) is 0 Å². The van der Waals surface area contributed by atoms with Crippen molar-refractivity contribution < 1.29 is 14.0 Å². The third-order valence-electron chi connectivity index (χ3n) is 2.37. The minimum atomic E-state index is -0.532. The average molecular weight is 272 g/mol. The Morgan fingerprint density at radius 2 is 2.28 bits per heavy atom. The van der Waals surface area contributed by atoms with Gasteiger partial charge in [-0.3, -0.25) is 0 Å². The highest BCUT2D eigenvalue weighted by Crippen LogP contribution is 2.27. The van der Waals surface area contributed by atoms with Crippen LogP contribution in [0, 0.1) is 5.82 Å². The molecule has 0 amide bonds. The molecule has 0 bridgehead atoms. The minimum absolute atomic E-state index is 0.0732. The van der Waals surface area contributed by atoms with Crippen molar-refractivity contribution in [2.24, 2.45) is 5.73 Å². The number of aliphatic hydroxyl groups is 1. The normalized spacial score (nSPS) is 12.7. The smallest absolute Gasteiger partial charge is 0.243 e. The summed E-state index contributed by atoms with van der Waals surface area (Å²) in [5, 5.41) is 12.7. The molecule has 0 aliphatic carbocycles. The van der Waals surface area contributed by atoms with Crippen molar-refractivity contribution in [3.8, 4) is 11.4 Å². The predicted molar refractivity (Wildman–Crippen MR) is 63.3 cm³/mol. The molecule has 1 unspecified atom stereocenters. The van der Waals surface area contributed by atoms with Gasteiger partial charge in [0.15, 0.2) is 0 Å². The second-order valence-corrected chi connectivity index (χ2v) is 4.11. The van der Waals surface area contributed by atoms with Gasteiger partial charge in [0, 0.05) is 12.2 Å². The first-order valence-corrected chi connectivity index (χ1v) is 5.65. The van der Waals surface area contributed by atoms with Crippen LogP contribution >= 0.6 is 11.6 Å². The van der Waals surface area contributed by atoms with E-state index >= 15 is 0 Å². The maximum absolute atomic E-state index is 12.9. The third-order valence-corrected chi connectivity index (χ3v) is 2.68. The molecule has 0 saturated heterocycles. The van der Waals surface area contributed by atoms with Crippen molar-refractivity contribution in [1.29, 1.82) is 0 Å². The number of hydrogen-bond acceptors (Lipinski definition) is 5. The van der Waals surface area contributed by atoms with Gasteiger partial charge in [-0.25, -0.2) is 4.39 Å². The summed E-state index contributed by atoms with van der Waals surface area (Å²) >= 11 is 5.88. The fraction of sp³-hybridized carbons (Fsp3) is 0.273. The second kappa shape index (κ2) is 5.43. The largest absolute Gasteiger partial charge is 0.396 e. The summed E-state index contributed by atoms with van der Waals surface area (Å²) in [5.41, 5.74) is 6.17. The van der Waals surface area contributed by atoms with Crippen LogP contribution in [0.1, 0.15) is 18.4 Å². The van der Waals surface area contributed by atoms with Crippen LogP contribution in [0.4, 0.5) is 4.39 Å². The van der Waals surface area contributed by atoms with Crippen molar-refractivity contribution >= 4 is 11.6 Å². The first kappa shape index (κ1) is 12.9. The van der Waals surface area contributed by atoms with Crippen molar-refractivity contribution in [2.45, 2.75) is 12.5 Å². The van der Waals surface area contributed by atoms with E-state index in [0.29, 0.717) is 12.0 Å². The first-order valence-electron chi connectivity index (χ1n) is 5.27. The maximum atomic E-state index is 12.9. The highest BCUT2D eigenvalue weighted by molar-refractivity contribution is 6.33. The monoisotopic (exact) mass is 271 g/mol.